The highest BCUT2D eigenvalue weighted by Gasteiger charge is 2.35. The van der Waals surface area contributed by atoms with Gasteiger partial charge in [-0.05, 0) is 76.2 Å². The van der Waals surface area contributed by atoms with Crippen molar-refractivity contribution in [1.82, 2.24) is 9.91 Å². The van der Waals surface area contributed by atoms with E-state index in [-0.39, 0.29) is 11.9 Å². The van der Waals surface area contributed by atoms with Crippen molar-refractivity contribution in [2.24, 2.45) is 11.0 Å². The summed E-state index contributed by atoms with van der Waals surface area (Å²) in [4.78, 5) is 15.8. The SMILES string of the molecule is Cc1ccc(C2=NN(C(=O)CN3CCC(C)CC3)C(c3cc(C)ccc3C)C2)c(C)c1. The van der Waals surface area contributed by atoms with Gasteiger partial charge in [-0.2, -0.15) is 5.10 Å². The summed E-state index contributed by atoms with van der Waals surface area (Å²) >= 11 is 0. The summed E-state index contributed by atoms with van der Waals surface area (Å²) in [6.07, 6.45) is 3.10. The van der Waals surface area contributed by atoms with Crippen LogP contribution in [0, 0.1) is 33.6 Å². The van der Waals surface area contributed by atoms with Crippen LogP contribution in [0.25, 0.3) is 0 Å². The number of amides is 1. The van der Waals surface area contributed by atoms with Gasteiger partial charge in [0.25, 0.3) is 5.91 Å². The first-order valence-electron chi connectivity index (χ1n) is 11.6. The van der Waals surface area contributed by atoms with Crippen molar-refractivity contribution in [2.45, 2.75) is 59.9 Å². The third-order valence-corrected chi connectivity index (χ3v) is 6.89. The van der Waals surface area contributed by atoms with E-state index in [2.05, 4.69) is 75.9 Å². The molecule has 0 radical (unpaired) electrons. The molecule has 0 aliphatic carbocycles. The van der Waals surface area contributed by atoms with Crippen LogP contribution in [0.3, 0.4) is 0 Å². The Morgan fingerprint density at radius 3 is 2.35 bits per heavy atom. The average Bonchev–Trinajstić information content (AvgIpc) is 3.16. The third kappa shape index (κ3) is 4.74. The van der Waals surface area contributed by atoms with Gasteiger partial charge >= 0.3 is 0 Å². The first kappa shape index (κ1) is 21.8. The van der Waals surface area contributed by atoms with Crippen molar-refractivity contribution >= 4 is 11.6 Å². The fourth-order valence-corrected chi connectivity index (χ4v) is 4.89. The molecule has 0 bridgehead atoms. The number of carbonyl (C=O) groups excluding carboxylic acids is 1. The number of piperidine rings is 1. The van der Waals surface area contributed by atoms with E-state index in [1.807, 2.05) is 0 Å². The molecule has 1 fully saturated rings. The number of rotatable bonds is 4. The predicted octanol–water partition coefficient (Wildman–Crippen LogP) is 5.33. The number of nitrogens with zero attached hydrogens (tertiary/aromatic N) is 3. The van der Waals surface area contributed by atoms with Crippen LogP contribution in [-0.4, -0.2) is 41.2 Å². The summed E-state index contributed by atoms with van der Waals surface area (Å²) in [7, 11) is 0. The molecule has 31 heavy (non-hydrogen) atoms. The monoisotopic (exact) mass is 417 g/mol. The summed E-state index contributed by atoms with van der Waals surface area (Å²) in [5.41, 5.74) is 8.29. The molecule has 2 aliphatic heterocycles. The molecule has 2 heterocycles. The van der Waals surface area contributed by atoms with Crippen LogP contribution in [0.15, 0.2) is 41.5 Å². The van der Waals surface area contributed by atoms with Crippen molar-refractivity contribution in [1.29, 1.82) is 0 Å². The average molecular weight is 418 g/mol. The lowest BCUT2D eigenvalue weighted by Gasteiger charge is -2.31. The zero-order valence-electron chi connectivity index (χ0n) is 19.6. The smallest absolute Gasteiger partial charge is 0.257 e. The third-order valence-electron chi connectivity index (χ3n) is 6.89. The highest BCUT2D eigenvalue weighted by Crippen LogP contribution is 2.36. The molecule has 164 valence electrons. The van der Waals surface area contributed by atoms with Crippen LogP contribution in [-0.2, 0) is 4.79 Å². The molecular weight excluding hydrogens is 382 g/mol. The van der Waals surface area contributed by atoms with Gasteiger partial charge in [-0.25, -0.2) is 5.01 Å². The van der Waals surface area contributed by atoms with Gasteiger partial charge in [0.1, 0.15) is 0 Å². The second-order valence-electron chi connectivity index (χ2n) is 9.64. The van der Waals surface area contributed by atoms with Gasteiger partial charge in [0.15, 0.2) is 0 Å². The highest BCUT2D eigenvalue weighted by atomic mass is 16.2. The fourth-order valence-electron chi connectivity index (χ4n) is 4.89. The molecule has 1 atom stereocenters. The Labute approximate surface area is 186 Å². The molecule has 1 saturated heterocycles. The molecule has 0 N–H and O–H groups in total. The number of hydrogen-bond donors (Lipinski definition) is 0. The lowest BCUT2D eigenvalue weighted by molar-refractivity contribution is -0.134. The number of hydrogen-bond acceptors (Lipinski definition) is 3. The number of carbonyl (C=O) groups is 1. The molecule has 2 aliphatic rings. The highest BCUT2D eigenvalue weighted by molar-refractivity contribution is 6.04. The van der Waals surface area contributed by atoms with E-state index in [0.29, 0.717) is 6.54 Å². The summed E-state index contributed by atoms with van der Waals surface area (Å²) in [5, 5.41) is 6.72. The molecule has 0 spiro atoms. The second kappa shape index (κ2) is 8.96. The molecule has 4 heteroatoms. The van der Waals surface area contributed by atoms with Crippen LogP contribution in [0.5, 0.6) is 0 Å². The van der Waals surface area contributed by atoms with Crippen molar-refractivity contribution in [3.8, 4) is 0 Å². The van der Waals surface area contributed by atoms with Gasteiger partial charge in [0, 0.05) is 12.0 Å². The van der Waals surface area contributed by atoms with Crippen LogP contribution in [0.2, 0.25) is 0 Å². The van der Waals surface area contributed by atoms with Gasteiger partial charge < -0.3 is 0 Å². The normalized spacial score (nSPS) is 20.2. The summed E-state index contributed by atoms with van der Waals surface area (Å²) in [6.45, 7) is 13.3. The topological polar surface area (TPSA) is 35.9 Å². The summed E-state index contributed by atoms with van der Waals surface area (Å²) in [6, 6.07) is 13.0. The van der Waals surface area contributed by atoms with Crippen molar-refractivity contribution < 1.29 is 4.79 Å². The van der Waals surface area contributed by atoms with E-state index in [9.17, 15) is 4.79 Å². The van der Waals surface area contributed by atoms with Gasteiger partial charge in [0.05, 0.1) is 18.3 Å². The molecule has 4 rings (SSSR count). The number of likely N-dealkylation sites (tertiary alicyclic amines) is 1. The Kier molecular flexibility index (Phi) is 6.29. The van der Waals surface area contributed by atoms with Crippen molar-refractivity contribution in [2.75, 3.05) is 19.6 Å². The van der Waals surface area contributed by atoms with Crippen molar-refractivity contribution in [3.05, 3.63) is 69.8 Å². The molecule has 1 amide bonds. The minimum absolute atomic E-state index is 0.0354. The van der Waals surface area contributed by atoms with E-state index >= 15 is 0 Å². The largest absolute Gasteiger partial charge is 0.294 e. The summed E-state index contributed by atoms with van der Waals surface area (Å²) in [5.74, 6) is 0.871. The molecule has 0 saturated carbocycles. The maximum Gasteiger partial charge on any atom is 0.257 e. The Morgan fingerprint density at radius 1 is 0.968 bits per heavy atom. The Morgan fingerprint density at radius 2 is 1.65 bits per heavy atom. The van der Waals surface area contributed by atoms with Crippen LogP contribution in [0.4, 0.5) is 0 Å². The minimum atomic E-state index is -0.0354. The van der Waals surface area contributed by atoms with Crippen LogP contribution < -0.4 is 0 Å². The Balaban J connectivity index is 1.65. The zero-order valence-corrected chi connectivity index (χ0v) is 19.6. The van der Waals surface area contributed by atoms with E-state index in [1.165, 1.54) is 40.7 Å². The quantitative estimate of drug-likeness (QED) is 0.674. The molecule has 0 aromatic heterocycles. The Hall–Kier alpha value is -2.46. The fraction of sp³-hybridized carbons (Fsp3) is 0.481. The number of benzene rings is 2. The standard InChI is InChI=1S/C27H35N3O/c1-18-10-12-29(13-11-18)17-27(31)30-26(24-15-20(3)6-8-21(24)4)16-25(28-30)23-9-7-19(2)14-22(23)5/h6-9,14-15,18,26H,10-13,16-17H2,1-5H3. The Bertz CT molecular complexity index is 1000. The first-order chi connectivity index (χ1) is 14.8. The maximum atomic E-state index is 13.5. The lowest BCUT2D eigenvalue weighted by Crippen LogP contribution is -2.41. The number of hydrazone groups is 1. The van der Waals surface area contributed by atoms with Crippen molar-refractivity contribution in [3.63, 3.8) is 0 Å². The minimum Gasteiger partial charge on any atom is -0.294 e. The van der Waals surface area contributed by atoms with Gasteiger partial charge in [-0.3, -0.25) is 9.69 Å². The zero-order chi connectivity index (χ0) is 22.1. The molecule has 2 aromatic rings. The number of aryl methyl sites for hydroxylation is 4. The van der Waals surface area contributed by atoms with Gasteiger partial charge in [-0.1, -0.05) is 54.4 Å². The van der Waals surface area contributed by atoms with Gasteiger partial charge in [-0.15, -0.1) is 0 Å². The summed E-state index contributed by atoms with van der Waals surface area (Å²) < 4.78 is 0. The molecule has 1 unspecified atom stereocenters. The van der Waals surface area contributed by atoms with E-state index in [1.54, 1.807) is 5.01 Å². The predicted molar refractivity (Wildman–Crippen MR) is 127 cm³/mol. The molecule has 2 aromatic carbocycles. The maximum absolute atomic E-state index is 13.5. The molecule has 4 nitrogen and oxygen atoms in total. The van der Waals surface area contributed by atoms with E-state index in [0.717, 1.165) is 36.7 Å². The van der Waals surface area contributed by atoms with E-state index < -0.39 is 0 Å². The van der Waals surface area contributed by atoms with Gasteiger partial charge in [0.2, 0.25) is 0 Å². The second-order valence-corrected chi connectivity index (χ2v) is 9.64. The lowest BCUT2D eigenvalue weighted by atomic mass is 9.92. The molecular formula is C27H35N3O. The van der Waals surface area contributed by atoms with Crippen LogP contribution in [0.1, 0.15) is 65.6 Å². The van der Waals surface area contributed by atoms with Crippen LogP contribution >= 0.6 is 0 Å². The van der Waals surface area contributed by atoms with E-state index in [4.69, 9.17) is 5.10 Å². The first-order valence-corrected chi connectivity index (χ1v) is 11.6.